The van der Waals surface area contributed by atoms with Gasteiger partial charge >= 0.3 is 0 Å². The predicted octanol–water partition coefficient (Wildman–Crippen LogP) is 6.32. The van der Waals surface area contributed by atoms with Crippen molar-refractivity contribution in [2.24, 2.45) is 0 Å². The number of anilines is 3. The Kier molecular flexibility index (Phi) is 8.83. The van der Waals surface area contributed by atoms with E-state index in [0.717, 1.165) is 47.8 Å². The van der Waals surface area contributed by atoms with E-state index in [9.17, 15) is 14.7 Å². The second kappa shape index (κ2) is 12.3. The Morgan fingerprint density at radius 2 is 1.52 bits per heavy atom. The van der Waals surface area contributed by atoms with Gasteiger partial charge in [0.05, 0.1) is 18.2 Å². The molecule has 1 heterocycles. The molecule has 40 heavy (non-hydrogen) atoms. The third-order valence-corrected chi connectivity index (χ3v) is 7.34. The first-order chi connectivity index (χ1) is 19.2. The highest BCUT2D eigenvalue weighted by Gasteiger charge is 2.47. The summed E-state index contributed by atoms with van der Waals surface area (Å²) < 4.78 is 5.79. The van der Waals surface area contributed by atoms with Crippen molar-refractivity contribution in [2.75, 3.05) is 48.5 Å². The average Bonchev–Trinajstić information content (AvgIpc) is 3.23. The number of carbonyl (C=O) groups excluding carboxylic acids is 2. The second-order valence-electron chi connectivity index (χ2n) is 10.2. The molecule has 1 fully saturated rings. The summed E-state index contributed by atoms with van der Waals surface area (Å²) >= 11 is 0. The van der Waals surface area contributed by atoms with Crippen LogP contribution >= 0.6 is 0 Å². The van der Waals surface area contributed by atoms with Gasteiger partial charge in [0.2, 0.25) is 0 Å². The summed E-state index contributed by atoms with van der Waals surface area (Å²) in [6.07, 6.45) is 0.882. The van der Waals surface area contributed by atoms with Gasteiger partial charge in [0.1, 0.15) is 11.5 Å². The van der Waals surface area contributed by atoms with Gasteiger partial charge in [-0.1, -0.05) is 19.1 Å². The Morgan fingerprint density at radius 1 is 0.900 bits per heavy atom. The van der Waals surface area contributed by atoms with Gasteiger partial charge in [-0.2, -0.15) is 0 Å². The number of rotatable bonds is 10. The Bertz CT molecular complexity index is 1390. The van der Waals surface area contributed by atoms with Crippen molar-refractivity contribution in [3.8, 4) is 5.75 Å². The van der Waals surface area contributed by atoms with Gasteiger partial charge < -0.3 is 19.6 Å². The van der Waals surface area contributed by atoms with Gasteiger partial charge in [0, 0.05) is 49.8 Å². The smallest absolute Gasteiger partial charge is 0.300 e. The fourth-order valence-electron chi connectivity index (χ4n) is 5.11. The van der Waals surface area contributed by atoms with Gasteiger partial charge in [0.15, 0.2) is 0 Å². The number of benzene rings is 3. The molecule has 1 saturated heterocycles. The molecular formula is C33H39N3O4. The molecule has 3 aromatic rings. The average molecular weight is 542 g/mol. The predicted molar refractivity (Wildman–Crippen MR) is 163 cm³/mol. The normalized spacial score (nSPS) is 16.4. The van der Waals surface area contributed by atoms with Crippen molar-refractivity contribution < 1.29 is 19.4 Å². The molecule has 1 aliphatic rings. The Morgan fingerprint density at radius 3 is 2.08 bits per heavy atom. The first kappa shape index (κ1) is 28.7. The second-order valence-corrected chi connectivity index (χ2v) is 10.2. The summed E-state index contributed by atoms with van der Waals surface area (Å²) in [5.41, 5.74) is 4.73. The van der Waals surface area contributed by atoms with Crippen molar-refractivity contribution in [3.63, 3.8) is 0 Å². The SMILES string of the molecule is CCCOc1ccc(/C(O)=C2/C(=O)C(=O)N(c3ccc(N(C)C)cc3)C2c2ccc(N(CC)CC)cc2)cc1C. The molecule has 7 heteroatoms. The molecule has 1 unspecified atom stereocenters. The standard InChI is InChI=1S/C33H39N3O4/c1-7-20-40-28-19-12-24(21-22(28)4)31(37)29-30(23-10-13-26(14-11-23)35(8-2)9-3)36(33(39)32(29)38)27-17-15-25(16-18-27)34(5)6/h10-19,21,30,37H,7-9,20H2,1-6H3/b31-29-. The molecule has 7 nitrogen and oxygen atoms in total. The molecule has 0 aliphatic carbocycles. The number of aliphatic hydroxyl groups is 1. The molecule has 3 aromatic carbocycles. The number of hydrogen-bond acceptors (Lipinski definition) is 6. The molecule has 0 aromatic heterocycles. The quantitative estimate of drug-likeness (QED) is 0.184. The van der Waals surface area contributed by atoms with E-state index in [-0.39, 0.29) is 11.3 Å². The van der Waals surface area contributed by atoms with E-state index in [1.54, 1.807) is 18.2 Å². The van der Waals surface area contributed by atoms with E-state index < -0.39 is 17.7 Å². The van der Waals surface area contributed by atoms with Crippen molar-refractivity contribution in [1.29, 1.82) is 0 Å². The highest BCUT2D eigenvalue weighted by atomic mass is 16.5. The molecule has 0 radical (unpaired) electrons. The van der Waals surface area contributed by atoms with Crippen LogP contribution in [0.1, 0.15) is 49.9 Å². The van der Waals surface area contributed by atoms with E-state index in [1.807, 2.05) is 81.4 Å². The van der Waals surface area contributed by atoms with Crippen molar-refractivity contribution in [3.05, 3.63) is 89.0 Å². The minimum Gasteiger partial charge on any atom is -0.507 e. The summed E-state index contributed by atoms with van der Waals surface area (Å²) in [4.78, 5) is 32.8. The zero-order valence-corrected chi connectivity index (χ0v) is 24.3. The molecular weight excluding hydrogens is 502 g/mol. The van der Waals surface area contributed by atoms with E-state index in [2.05, 4.69) is 18.7 Å². The van der Waals surface area contributed by atoms with Gasteiger partial charge in [-0.3, -0.25) is 14.5 Å². The molecule has 0 spiro atoms. The largest absolute Gasteiger partial charge is 0.507 e. The third kappa shape index (κ3) is 5.55. The maximum Gasteiger partial charge on any atom is 0.300 e. The number of amides is 1. The maximum absolute atomic E-state index is 13.6. The fraction of sp³-hybridized carbons (Fsp3) is 0.333. The van der Waals surface area contributed by atoms with E-state index in [1.165, 1.54) is 4.90 Å². The lowest BCUT2D eigenvalue weighted by Gasteiger charge is -2.27. The Hall–Kier alpha value is -4.26. The van der Waals surface area contributed by atoms with Crippen molar-refractivity contribution >= 4 is 34.5 Å². The van der Waals surface area contributed by atoms with Crippen LogP contribution in [0, 0.1) is 6.92 Å². The Labute approximate surface area is 237 Å². The highest BCUT2D eigenvalue weighted by molar-refractivity contribution is 6.51. The maximum atomic E-state index is 13.6. The molecule has 0 saturated carbocycles. The molecule has 1 atom stereocenters. The molecule has 1 amide bonds. The van der Waals surface area contributed by atoms with Crippen LogP contribution in [0.3, 0.4) is 0 Å². The molecule has 4 rings (SSSR count). The van der Waals surface area contributed by atoms with Crippen LogP contribution in [-0.4, -0.2) is 50.6 Å². The van der Waals surface area contributed by atoms with Crippen LogP contribution in [0.25, 0.3) is 5.76 Å². The van der Waals surface area contributed by atoms with Crippen LogP contribution in [0.15, 0.2) is 72.3 Å². The lowest BCUT2D eigenvalue weighted by atomic mass is 9.94. The minimum atomic E-state index is -0.785. The van der Waals surface area contributed by atoms with Crippen LogP contribution in [0.5, 0.6) is 5.75 Å². The summed E-state index contributed by atoms with van der Waals surface area (Å²) in [6, 6.07) is 19.9. The number of nitrogens with zero attached hydrogens (tertiary/aromatic N) is 3. The first-order valence-corrected chi connectivity index (χ1v) is 13.9. The summed E-state index contributed by atoms with van der Waals surface area (Å²) in [7, 11) is 3.89. The number of Topliss-reactive ketones (excluding diaryl/α,β-unsaturated/α-hetero) is 1. The molecule has 1 aliphatic heterocycles. The van der Waals surface area contributed by atoms with Crippen LogP contribution in [-0.2, 0) is 9.59 Å². The zero-order valence-electron chi connectivity index (χ0n) is 24.3. The van der Waals surface area contributed by atoms with Gasteiger partial charge in [-0.05, 0) is 92.9 Å². The molecule has 1 N–H and O–H groups in total. The van der Waals surface area contributed by atoms with E-state index >= 15 is 0 Å². The van der Waals surface area contributed by atoms with Gasteiger partial charge in [-0.15, -0.1) is 0 Å². The number of carbonyl (C=O) groups is 2. The van der Waals surface area contributed by atoms with E-state index in [0.29, 0.717) is 17.9 Å². The van der Waals surface area contributed by atoms with E-state index in [4.69, 9.17) is 4.74 Å². The van der Waals surface area contributed by atoms with Crippen LogP contribution in [0.4, 0.5) is 17.1 Å². The monoisotopic (exact) mass is 541 g/mol. The van der Waals surface area contributed by atoms with Crippen LogP contribution in [0.2, 0.25) is 0 Å². The van der Waals surface area contributed by atoms with Crippen molar-refractivity contribution in [2.45, 2.75) is 40.2 Å². The lowest BCUT2D eigenvalue weighted by Crippen LogP contribution is -2.29. The zero-order chi connectivity index (χ0) is 29.0. The number of hydrogen-bond donors (Lipinski definition) is 1. The number of aliphatic hydroxyl groups excluding tert-OH is 1. The van der Waals surface area contributed by atoms with Gasteiger partial charge in [-0.25, -0.2) is 0 Å². The summed E-state index contributed by atoms with van der Waals surface area (Å²) in [5, 5.41) is 11.6. The number of aryl methyl sites for hydroxylation is 1. The third-order valence-electron chi connectivity index (χ3n) is 7.34. The highest BCUT2D eigenvalue weighted by Crippen LogP contribution is 2.43. The summed E-state index contributed by atoms with van der Waals surface area (Å²) in [6.45, 7) is 10.5. The van der Waals surface area contributed by atoms with Crippen LogP contribution < -0.4 is 19.4 Å². The number of ether oxygens (including phenoxy) is 1. The topological polar surface area (TPSA) is 73.3 Å². The molecule has 0 bridgehead atoms. The van der Waals surface area contributed by atoms with Gasteiger partial charge in [0.25, 0.3) is 11.7 Å². The first-order valence-electron chi connectivity index (χ1n) is 13.9. The minimum absolute atomic E-state index is 0.0684. The Balaban J connectivity index is 1.85. The van der Waals surface area contributed by atoms with Crippen molar-refractivity contribution in [1.82, 2.24) is 0 Å². The molecule has 210 valence electrons. The number of ketones is 1. The lowest BCUT2D eigenvalue weighted by molar-refractivity contribution is -0.132. The summed E-state index contributed by atoms with van der Waals surface area (Å²) in [5.74, 6) is -0.857. The fourth-order valence-corrected chi connectivity index (χ4v) is 5.11.